The van der Waals surface area contributed by atoms with Crippen LogP contribution in [0.15, 0.2) is 108 Å². The fourth-order valence-electron chi connectivity index (χ4n) is 4.16. The molecule has 0 radical (unpaired) electrons. The third-order valence-corrected chi connectivity index (χ3v) is 5.89. The van der Waals surface area contributed by atoms with E-state index in [0.717, 1.165) is 21.5 Å². The Balaban J connectivity index is 1.33. The highest BCUT2D eigenvalue weighted by molar-refractivity contribution is 6.07. The Bertz CT molecular complexity index is 1630. The summed E-state index contributed by atoms with van der Waals surface area (Å²) in [6.07, 6.45) is 1.52. The first-order valence-corrected chi connectivity index (χ1v) is 11.9. The Hall–Kier alpha value is -4.97. The molecule has 6 heteroatoms. The molecule has 5 aromatic rings. The zero-order valence-corrected chi connectivity index (χ0v) is 20.2. The van der Waals surface area contributed by atoms with Crippen LogP contribution in [-0.2, 0) is 0 Å². The van der Waals surface area contributed by atoms with Crippen LogP contribution in [-0.4, -0.2) is 24.7 Å². The Morgan fingerprint density at radius 1 is 0.757 bits per heavy atom. The van der Waals surface area contributed by atoms with E-state index in [1.807, 2.05) is 79.7 Å². The monoisotopic (exact) mass is 488 g/mol. The molecule has 0 saturated heterocycles. The van der Waals surface area contributed by atoms with Gasteiger partial charge in [-0.3, -0.25) is 4.79 Å². The first-order valence-electron chi connectivity index (χ1n) is 11.9. The molecule has 0 atom stereocenters. The highest BCUT2D eigenvalue weighted by atomic mass is 16.6. The predicted molar refractivity (Wildman–Crippen MR) is 146 cm³/mol. The van der Waals surface area contributed by atoms with Gasteiger partial charge in [-0.2, -0.15) is 5.10 Å². The number of hydrogen-bond acceptors (Lipinski definition) is 5. The summed E-state index contributed by atoms with van der Waals surface area (Å²) >= 11 is 0. The Morgan fingerprint density at radius 2 is 1.38 bits per heavy atom. The number of benzene rings is 5. The minimum Gasteiger partial charge on any atom is -0.490 e. The van der Waals surface area contributed by atoms with Gasteiger partial charge in [-0.1, -0.05) is 72.8 Å². The summed E-state index contributed by atoms with van der Waals surface area (Å²) in [5.74, 6) is -0.0719. The first kappa shape index (κ1) is 23.8. The standard InChI is InChI=1S/C31H24N2O4/c1-2-36-29-19-21(20-32-33-30(34)26-15-7-11-22-9-3-5-13-24(22)26)17-18-28(29)37-31(35)27-16-8-12-23-10-4-6-14-25(23)27/h3-20H,2H2,1H3,(H,33,34)/b32-20-. The van der Waals surface area contributed by atoms with Gasteiger partial charge >= 0.3 is 5.97 Å². The summed E-state index contributed by atoms with van der Waals surface area (Å²) in [5, 5.41) is 7.72. The number of fused-ring (bicyclic) bond motifs is 2. The number of rotatable bonds is 7. The minimum atomic E-state index is -0.471. The zero-order chi connectivity index (χ0) is 25.6. The van der Waals surface area contributed by atoms with E-state index >= 15 is 0 Å². The average molecular weight is 489 g/mol. The molecule has 1 N–H and O–H groups in total. The molecule has 0 aliphatic heterocycles. The Kier molecular flexibility index (Phi) is 6.90. The maximum atomic E-state index is 13.0. The molecule has 0 heterocycles. The van der Waals surface area contributed by atoms with Gasteiger partial charge in [-0.25, -0.2) is 10.2 Å². The second kappa shape index (κ2) is 10.7. The van der Waals surface area contributed by atoms with Crippen molar-refractivity contribution in [2.24, 2.45) is 5.10 Å². The molecule has 5 aromatic carbocycles. The van der Waals surface area contributed by atoms with E-state index in [-0.39, 0.29) is 5.91 Å². The molecule has 1 amide bonds. The van der Waals surface area contributed by atoms with Crippen LogP contribution >= 0.6 is 0 Å². The maximum absolute atomic E-state index is 13.0. The highest BCUT2D eigenvalue weighted by Gasteiger charge is 2.16. The fraction of sp³-hybridized carbons (Fsp3) is 0.0645. The summed E-state index contributed by atoms with van der Waals surface area (Å²) < 4.78 is 11.4. The van der Waals surface area contributed by atoms with Crippen LogP contribution < -0.4 is 14.9 Å². The van der Waals surface area contributed by atoms with Crippen LogP contribution in [0, 0.1) is 0 Å². The summed E-state index contributed by atoms with van der Waals surface area (Å²) in [4.78, 5) is 25.7. The molecule has 0 aliphatic carbocycles. The fourth-order valence-corrected chi connectivity index (χ4v) is 4.16. The van der Waals surface area contributed by atoms with E-state index < -0.39 is 5.97 Å². The van der Waals surface area contributed by atoms with Crippen LogP contribution in [0.2, 0.25) is 0 Å². The van der Waals surface area contributed by atoms with E-state index in [2.05, 4.69) is 10.5 Å². The number of nitrogens with one attached hydrogen (secondary N) is 1. The van der Waals surface area contributed by atoms with Gasteiger partial charge in [0.1, 0.15) is 0 Å². The SMILES string of the molecule is CCOc1cc(/C=N\NC(=O)c2cccc3ccccc23)ccc1OC(=O)c1cccc2ccccc12. The number of hydrogen-bond donors (Lipinski definition) is 1. The highest BCUT2D eigenvalue weighted by Crippen LogP contribution is 2.30. The molecule has 0 spiro atoms. The number of nitrogens with zero attached hydrogens (tertiary/aromatic N) is 1. The van der Waals surface area contributed by atoms with Gasteiger partial charge < -0.3 is 9.47 Å². The van der Waals surface area contributed by atoms with Crippen molar-refractivity contribution in [1.82, 2.24) is 5.43 Å². The van der Waals surface area contributed by atoms with Crippen LogP contribution in [0.25, 0.3) is 21.5 Å². The number of ether oxygens (including phenoxy) is 2. The lowest BCUT2D eigenvalue weighted by atomic mass is 10.0. The predicted octanol–water partition coefficient (Wildman–Crippen LogP) is 6.37. The number of amides is 1. The van der Waals surface area contributed by atoms with Crippen LogP contribution in [0.5, 0.6) is 11.5 Å². The van der Waals surface area contributed by atoms with Crippen LogP contribution in [0.1, 0.15) is 33.2 Å². The third-order valence-electron chi connectivity index (χ3n) is 5.89. The molecule has 0 saturated carbocycles. The third kappa shape index (κ3) is 5.18. The van der Waals surface area contributed by atoms with Crippen molar-refractivity contribution in [3.63, 3.8) is 0 Å². The molecule has 0 aromatic heterocycles. The minimum absolute atomic E-state index is 0.303. The summed E-state index contributed by atoms with van der Waals surface area (Å²) in [6, 6.07) is 31.5. The second-order valence-electron chi connectivity index (χ2n) is 8.28. The zero-order valence-electron chi connectivity index (χ0n) is 20.2. The lowest BCUT2D eigenvalue weighted by Gasteiger charge is -2.12. The van der Waals surface area contributed by atoms with Crippen LogP contribution in [0.4, 0.5) is 0 Å². The Morgan fingerprint density at radius 3 is 2.08 bits per heavy atom. The molecule has 37 heavy (non-hydrogen) atoms. The number of hydrazone groups is 1. The number of carbonyl (C=O) groups excluding carboxylic acids is 2. The van der Waals surface area contributed by atoms with Crippen molar-refractivity contribution in [3.05, 3.63) is 120 Å². The van der Waals surface area contributed by atoms with Crippen molar-refractivity contribution < 1.29 is 19.1 Å². The van der Waals surface area contributed by atoms with Crippen molar-refractivity contribution in [3.8, 4) is 11.5 Å². The molecule has 0 bridgehead atoms. The van der Waals surface area contributed by atoms with Crippen molar-refractivity contribution in [1.29, 1.82) is 0 Å². The lowest BCUT2D eigenvalue weighted by molar-refractivity contribution is 0.0730. The summed E-state index contributed by atoms with van der Waals surface area (Å²) in [5.41, 5.74) is 4.27. The van der Waals surface area contributed by atoms with Gasteiger partial charge in [0.2, 0.25) is 0 Å². The Labute approximate surface area is 214 Å². The lowest BCUT2D eigenvalue weighted by Crippen LogP contribution is -2.17. The topological polar surface area (TPSA) is 77.0 Å². The van der Waals surface area contributed by atoms with Gasteiger partial charge in [-0.15, -0.1) is 0 Å². The molecule has 6 nitrogen and oxygen atoms in total. The molecule has 0 fully saturated rings. The van der Waals surface area contributed by atoms with Gasteiger partial charge in [0.15, 0.2) is 11.5 Å². The average Bonchev–Trinajstić information content (AvgIpc) is 2.93. The second-order valence-corrected chi connectivity index (χ2v) is 8.28. The van der Waals surface area contributed by atoms with Gasteiger partial charge in [0, 0.05) is 5.56 Å². The van der Waals surface area contributed by atoms with Crippen molar-refractivity contribution >= 4 is 39.6 Å². The summed E-state index contributed by atoms with van der Waals surface area (Å²) in [7, 11) is 0. The van der Waals surface area contributed by atoms with Crippen LogP contribution in [0.3, 0.4) is 0 Å². The molecule has 5 rings (SSSR count). The van der Waals surface area contributed by atoms with E-state index in [9.17, 15) is 9.59 Å². The van der Waals surface area contributed by atoms with Gasteiger partial charge in [-0.05, 0) is 64.4 Å². The number of esters is 1. The van der Waals surface area contributed by atoms with E-state index in [0.29, 0.717) is 34.8 Å². The van der Waals surface area contributed by atoms with E-state index in [4.69, 9.17) is 9.47 Å². The van der Waals surface area contributed by atoms with Crippen molar-refractivity contribution in [2.75, 3.05) is 6.61 Å². The molecule has 0 aliphatic rings. The van der Waals surface area contributed by atoms with Gasteiger partial charge in [0.25, 0.3) is 5.91 Å². The normalized spacial score (nSPS) is 11.1. The van der Waals surface area contributed by atoms with Crippen molar-refractivity contribution in [2.45, 2.75) is 6.92 Å². The quantitative estimate of drug-likeness (QED) is 0.125. The smallest absolute Gasteiger partial charge is 0.344 e. The largest absolute Gasteiger partial charge is 0.490 e. The molecule has 0 unspecified atom stereocenters. The maximum Gasteiger partial charge on any atom is 0.344 e. The van der Waals surface area contributed by atoms with E-state index in [1.165, 1.54) is 6.21 Å². The first-order chi connectivity index (χ1) is 18.1. The molecule has 182 valence electrons. The molecular formula is C31H24N2O4. The summed E-state index contributed by atoms with van der Waals surface area (Å²) in [6.45, 7) is 2.23. The van der Waals surface area contributed by atoms with Gasteiger partial charge in [0.05, 0.1) is 18.4 Å². The number of carbonyl (C=O) groups is 2. The van der Waals surface area contributed by atoms with E-state index in [1.54, 1.807) is 30.3 Å². The molecular weight excluding hydrogens is 464 g/mol.